The highest BCUT2D eigenvalue weighted by Crippen LogP contribution is 2.16. The lowest BCUT2D eigenvalue weighted by Crippen LogP contribution is -2.33. The second-order valence-corrected chi connectivity index (χ2v) is 4.51. The average molecular weight is 236 g/mol. The molecular weight excluding hydrogens is 219 g/mol. The summed E-state index contributed by atoms with van der Waals surface area (Å²) < 4.78 is 13.7. The Labute approximate surface area is 101 Å². The van der Waals surface area contributed by atoms with Crippen molar-refractivity contribution in [2.45, 2.75) is 19.4 Å². The predicted octanol–water partition coefficient (Wildman–Crippen LogP) is 1.57. The fourth-order valence-electron chi connectivity index (χ4n) is 2.14. The number of aryl methyl sites for hydroxylation is 1. The Morgan fingerprint density at radius 2 is 2.29 bits per heavy atom. The van der Waals surface area contributed by atoms with E-state index in [1.165, 1.54) is 6.07 Å². The molecule has 1 aliphatic rings. The van der Waals surface area contributed by atoms with Crippen LogP contribution in [-0.4, -0.2) is 37.0 Å². The molecule has 17 heavy (non-hydrogen) atoms. The first-order chi connectivity index (χ1) is 8.11. The SMILES string of the molecule is CNC1CCN(C(=O)c2ccc(C)cc2F)C1. The number of likely N-dealkylation sites (N-methyl/N-ethyl adjacent to an activating group) is 1. The van der Waals surface area contributed by atoms with Gasteiger partial charge in [-0.15, -0.1) is 0 Å². The Kier molecular flexibility index (Phi) is 3.43. The molecule has 92 valence electrons. The van der Waals surface area contributed by atoms with Crippen molar-refractivity contribution in [2.24, 2.45) is 0 Å². The number of hydrogen-bond acceptors (Lipinski definition) is 2. The second kappa shape index (κ2) is 4.84. The molecule has 1 fully saturated rings. The molecule has 1 aromatic rings. The number of carbonyl (C=O) groups is 1. The second-order valence-electron chi connectivity index (χ2n) is 4.51. The number of nitrogens with one attached hydrogen (secondary N) is 1. The Morgan fingerprint density at radius 1 is 1.53 bits per heavy atom. The van der Waals surface area contributed by atoms with Gasteiger partial charge >= 0.3 is 0 Å². The summed E-state index contributed by atoms with van der Waals surface area (Å²) in [6.45, 7) is 3.16. The minimum absolute atomic E-state index is 0.173. The maximum atomic E-state index is 13.7. The molecule has 0 spiro atoms. The zero-order valence-electron chi connectivity index (χ0n) is 10.2. The molecule has 0 bridgehead atoms. The van der Waals surface area contributed by atoms with Gasteiger partial charge < -0.3 is 10.2 Å². The predicted molar refractivity (Wildman–Crippen MR) is 64.5 cm³/mol. The van der Waals surface area contributed by atoms with Crippen LogP contribution in [0.4, 0.5) is 4.39 Å². The van der Waals surface area contributed by atoms with Crippen LogP contribution >= 0.6 is 0 Å². The Balaban J connectivity index is 2.15. The Hall–Kier alpha value is -1.42. The molecule has 4 heteroatoms. The molecule has 3 nitrogen and oxygen atoms in total. The van der Waals surface area contributed by atoms with Crippen LogP contribution in [0.5, 0.6) is 0 Å². The number of rotatable bonds is 2. The quantitative estimate of drug-likeness (QED) is 0.845. The van der Waals surface area contributed by atoms with Gasteiger partial charge in [0.05, 0.1) is 5.56 Å². The number of halogens is 1. The smallest absolute Gasteiger partial charge is 0.256 e. The highest BCUT2D eigenvalue weighted by atomic mass is 19.1. The third-order valence-electron chi connectivity index (χ3n) is 3.24. The number of hydrogen-bond donors (Lipinski definition) is 1. The lowest BCUT2D eigenvalue weighted by atomic mass is 10.1. The maximum Gasteiger partial charge on any atom is 0.256 e. The van der Waals surface area contributed by atoms with Crippen LogP contribution in [0.2, 0.25) is 0 Å². The van der Waals surface area contributed by atoms with E-state index in [0.29, 0.717) is 19.1 Å². The zero-order chi connectivity index (χ0) is 12.4. The molecule has 0 radical (unpaired) electrons. The van der Waals surface area contributed by atoms with Crippen LogP contribution in [0.25, 0.3) is 0 Å². The highest BCUT2D eigenvalue weighted by Gasteiger charge is 2.27. The van der Waals surface area contributed by atoms with Gasteiger partial charge in [-0.25, -0.2) is 4.39 Å². The van der Waals surface area contributed by atoms with Crippen molar-refractivity contribution >= 4 is 5.91 Å². The van der Waals surface area contributed by atoms with Crippen LogP contribution in [0.15, 0.2) is 18.2 Å². The average Bonchev–Trinajstić information content (AvgIpc) is 2.76. The first kappa shape index (κ1) is 12.0. The van der Waals surface area contributed by atoms with E-state index >= 15 is 0 Å². The molecular formula is C13H17FN2O. The van der Waals surface area contributed by atoms with Crippen molar-refractivity contribution in [3.05, 3.63) is 35.1 Å². The van der Waals surface area contributed by atoms with Crippen molar-refractivity contribution in [1.82, 2.24) is 10.2 Å². The first-order valence-electron chi connectivity index (χ1n) is 5.84. The molecule has 1 amide bonds. The Morgan fingerprint density at radius 3 is 2.88 bits per heavy atom. The zero-order valence-corrected chi connectivity index (χ0v) is 10.2. The summed E-state index contributed by atoms with van der Waals surface area (Å²) in [5.74, 6) is -0.636. The van der Waals surface area contributed by atoms with Gasteiger partial charge in [-0.05, 0) is 38.1 Å². The molecule has 1 saturated heterocycles. The summed E-state index contributed by atoms with van der Waals surface area (Å²) in [6, 6.07) is 5.06. The molecule has 1 N–H and O–H groups in total. The lowest BCUT2D eigenvalue weighted by molar-refractivity contribution is 0.0785. The number of carbonyl (C=O) groups excluding carboxylic acids is 1. The molecule has 1 aliphatic heterocycles. The van der Waals surface area contributed by atoms with E-state index in [1.807, 2.05) is 14.0 Å². The molecule has 1 aromatic carbocycles. The third-order valence-corrected chi connectivity index (χ3v) is 3.24. The van der Waals surface area contributed by atoms with Gasteiger partial charge in [-0.1, -0.05) is 6.07 Å². The van der Waals surface area contributed by atoms with Crippen molar-refractivity contribution in [3.63, 3.8) is 0 Å². The van der Waals surface area contributed by atoms with Gasteiger partial charge in [0.25, 0.3) is 5.91 Å². The van der Waals surface area contributed by atoms with E-state index in [4.69, 9.17) is 0 Å². The molecule has 2 rings (SSSR count). The van der Waals surface area contributed by atoms with Crippen molar-refractivity contribution in [1.29, 1.82) is 0 Å². The summed E-state index contributed by atoms with van der Waals surface area (Å²) >= 11 is 0. The molecule has 1 atom stereocenters. The van der Waals surface area contributed by atoms with Crippen molar-refractivity contribution in [3.8, 4) is 0 Å². The highest BCUT2D eigenvalue weighted by molar-refractivity contribution is 5.94. The fraction of sp³-hybridized carbons (Fsp3) is 0.462. The van der Waals surface area contributed by atoms with E-state index in [9.17, 15) is 9.18 Å². The standard InChI is InChI=1S/C13H17FN2O/c1-9-3-4-11(12(14)7-9)13(17)16-6-5-10(8-16)15-2/h3-4,7,10,15H,5-6,8H2,1-2H3. The molecule has 1 unspecified atom stereocenters. The van der Waals surface area contributed by atoms with E-state index in [0.717, 1.165) is 12.0 Å². The first-order valence-corrected chi connectivity index (χ1v) is 5.84. The third kappa shape index (κ3) is 2.47. The van der Waals surface area contributed by atoms with Crippen LogP contribution in [0, 0.1) is 12.7 Å². The molecule has 0 aliphatic carbocycles. The van der Waals surface area contributed by atoms with Gasteiger partial charge in [0.15, 0.2) is 0 Å². The number of benzene rings is 1. The maximum absolute atomic E-state index is 13.7. The van der Waals surface area contributed by atoms with E-state index in [2.05, 4.69) is 5.32 Å². The van der Waals surface area contributed by atoms with E-state index < -0.39 is 5.82 Å². The van der Waals surface area contributed by atoms with Gasteiger partial charge in [0, 0.05) is 19.1 Å². The minimum atomic E-state index is -0.428. The van der Waals surface area contributed by atoms with Gasteiger partial charge in [-0.2, -0.15) is 0 Å². The summed E-state index contributed by atoms with van der Waals surface area (Å²) in [6.07, 6.45) is 0.926. The Bertz CT molecular complexity index is 433. The van der Waals surface area contributed by atoms with Gasteiger partial charge in [-0.3, -0.25) is 4.79 Å². The van der Waals surface area contributed by atoms with Crippen LogP contribution in [0.3, 0.4) is 0 Å². The summed E-state index contributed by atoms with van der Waals surface area (Å²) in [5.41, 5.74) is 1.00. The lowest BCUT2D eigenvalue weighted by Gasteiger charge is -2.17. The van der Waals surface area contributed by atoms with E-state index in [-0.39, 0.29) is 11.5 Å². The van der Waals surface area contributed by atoms with Gasteiger partial charge in [0.2, 0.25) is 0 Å². The van der Waals surface area contributed by atoms with Crippen LogP contribution in [0.1, 0.15) is 22.3 Å². The molecule has 1 heterocycles. The number of likely N-dealkylation sites (tertiary alicyclic amines) is 1. The van der Waals surface area contributed by atoms with Crippen LogP contribution in [-0.2, 0) is 0 Å². The summed E-state index contributed by atoms with van der Waals surface area (Å²) in [5, 5.41) is 3.14. The number of amides is 1. The van der Waals surface area contributed by atoms with E-state index in [1.54, 1.807) is 17.0 Å². The van der Waals surface area contributed by atoms with Crippen LogP contribution < -0.4 is 5.32 Å². The normalized spacial score (nSPS) is 19.7. The summed E-state index contributed by atoms with van der Waals surface area (Å²) in [4.78, 5) is 13.8. The van der Waals surface area contributed by atoms with Crippen molar-refractivity contribution in [2.75, 3.05) is 20.1 Å². The topological polar surface area (TPSA) is 32.3 Å². The number of nitrogens with zero attached hydrogens (tertiary/aromatic N) is 1. The van der Waals surface area contributed by atoms with Crippen molar-refractivity contribution < 1.29 is 9.18 Å². The summed E-state index contributed by atoms with van der Waals surface area (Å²) in [7, 11) is 1.88. The largest absolute Gasteiger partial charge is 0.337 e. The fourth-order valence-corrected chi connectivity index (χ4v) is 2.14. The molecule has 0 saturated carbocycles. The van der Waals surface area contributed by atoms with Gasteiger partial charge in [0.1, 0.15) is 5.82 Å². The molecule has 0 aromatic heterocycles. The monoisotopic (exact) mass is 236 g/mol. The minimum Gasteiger partial charge on any atom is -0.337 e.